The molecule has 0 bridgehead atoms. The van der Waals surface area contributed by atoms with Gasteiger partial charge in [-0.3, -0.25) is 9.59 Å². The van der Waals surface area contributed by atoms with Gasteiger partial charge in [-0.05, 0) is 37.1 Å². The number of carbonyl (C=O) groups is 2. The van der Waals surface area contributed by atoms with Crippen molar-refractivity contribution in [3.05, 3.63) is 35.4 Å². The number of rotatable bonds is 17. The highest BCUT2D eigenvalue weighted by molar-refractivity contribution is 5.88. The number of hydrogen-bond donors (Lipinski definition) is 2. The van der Waals surface area contributed by atoms with Crippen molar-refractivity contribution in [2.24, 2.45) is 10.2 Å². The molecule has 0 saturated carbocycles. The van der Waals surface area contributed by atoms with Crippen LogP contribution in [0.1, 0.15) is 49.7 Å². The van der Waals surface area contributed by atoms with Crippen molar-refractivity contribution in [2.75, 3.05) is 42.7 Å². The average molecular weight is 559 g/mol. The Morgan fingerprint density at radius 2 is 0.950 bits per heavy atom. The first-order valence-electron chi connectivity index (χ1n) is 12.7. The lowest BCUT2D eigenvalue weighted by atomic mass is 10.1. The van der Waals surface area contributed by atoms with Crippen molar-refractivity contribution in [3.8, 4) is 34.5 Å². The maximum Gasteiger partial charge on any atom is 0.240 e. The Morgan fingerprint density at radius 1 is 0.575 bits per heavy atom. The molecule has 12 heteroatoms. The van der Waals surface area contributed by atoms with Gasteiger partial charge in [0.1, 0.15) is 0 Å². The first-order chi connectivity index (χ1) is 19.4. The minimum absolute atomic E-state index is 0.201. The summed E-state index contributed by atoms with van der Waals surface area (Å²) in [6, 6.07) is 6.97. The lowest BCUT2D eigenvalue weighted by Gasteiger charge is -2.13. The predicted molar refractivity (Wildman–Crippen MR) is 151 cm³/mol. The molecule has 2 rings (SSSR count). The molecule has 0 unspecified atom stereocenters. The van der Waals surface area contributed by atoms with Gasteiger partial charge in [-0.15, -0.1) is 0 Å². The third kappa shape index (κ3) is 9.07. The minimum Gasteiger partial charge on any atom is -0.493 e. The van der Waals surface area contributed by atoms with E-state index in [1.165, 1.54) is 55.1 Å². The number of carbonyl (C=O) groups excluding carboxylic acids is 2. The molecule has 0 spiro atoms. The number of ether oxygens (including phenoxy) is 6. The van der Waals surface area contributed by atoms with Crippen LogP contribution in [-0.2, 0) is 9.59 Å². The normalized spacial score (nSPS) is 10.8. The topological polar surface area (TPSA) is 138 Å². The van der Waals surface area contributed by atoms with Crippen LogP contribution in [0, 0.1) is 0 Å². The van der Waals surface area contributed by atoms with E-state index in [-0.39, 0.29) is 11.8 Å². The predicted octanol–water partition coefficient (Wildman–Crippen LogP) is 3.68. The van der Waals surface area contributed by atoms with Crippen LogP contribution in [0.5, 0.6) is 34.5 Å². The monoisotopic (exact) mass is 558 g/mol. The molecule has 2 aromatic rings. The van der Waals surface area contributed by atoms with Gasteiger partial charge in [0, 0.05) is 24.0 Å². The van der Waals surface area contributed by atoms with Crippen LogP contribution in [0.3, 0.4) is 0 Å². The van der Waals surface area contributed by atoms with Crippen molar-refractivity contribution >= 4 is 24.2 Å². The summed E-state index contributed by atoms with van der Waals surface area (Å²) < 4.78 is 32.0. The molecule has 0 aliphatic carbocycles. The van der Waals surface area contributed by atoms with Gasteiger partial charge in [0.25, 0.3) is 0 Å². The van der Waals surface area contributed by atoms with Crippen LogP contribution in [0.2, 0.25) is 0 Å². The van der Waals surface area contributed by atoms with E-state index in [0.717, 1.165) is 12.8 Å². The summed E-state index contributed by atoms with van der Waals surface area (Å²) in [5.41, 5.74) is 6.29. The van der Waals surface area contributed by atoms with Crippen LogP contribution in [0.15, 0.2) is 34.5 Å². The standard InChI is InChI=1S/C28H38N4O8/c1-35-21-15-13-19(25(37-3)27(21)39-5)17-29-31-23(33)11-9-7-8-10-12-24(34)32-30-18-20-14-16-22(36-2)28(40-6)26(20)38-4/h13-18H,7-12H2,1-6H3,(H,31,33)(H,32,34)/b29-17+,30-18+. The maximum atomic E-state index is 12.1. The molecular formula is C28H38N4O8. The van der Waals surface area contributed by atoms with Gasteiger partial charge in [-0.1, -0.05) is 12.8 Å². The quantitative estimate of drug-likeness (QED) is 0.170. The molecule has 0 atom stereocenters. The maximum absolute atomic E-state index is 12.1. The third-order valence-corrected chi connectivity index (χ3v) is 5.81. The van der Waals surface area contributed by atoms with Crippen molar-refractivity contribution < 1.29 is 38.0 Å². The molecule has 0 saturated heterocycles. The van der Waals surface area contributed by atoms with Crippen molar-refractivity contribution in [1.82, 2.24) is 10.9 Å². The zero-order chi connectivity index (χ0) is 29.3. The minimum atomic E-state index is -0.201. The van der Waals surface area contributed by atoms with E-state index in [1.807, 2.05) is 0 Å². The highest BCUT2D eigenvalue weighted by Gasteiger charge is 2.15. The van der Waals surface area contributed by atoms with E-state index in [4.69, 9.17) is 28.4 Å². The van der Waals surface area contributed by atoms with E-state index >= 15 is 0 Å². The third-order valence-electron chi connectivity index (χ3n) is 5.81. The van der Waals surface area contributed by atoms with Gasteiger partial charge in [0.05, 0.1) is 55.1 Å². The molecule has 2 amide bonds. The second-order valence-electron chi connectivity index (χ2n) is 8.35. The Bertz CT molecular complexity index is 1090. The van der Waals surface area contributed by atoms with E-state index in [1.54, 1.807) is 24.3 Å². The largest absolute Gasteiger partial charge is 0.493 e. The van der Waals surface area contributed by atoms with Crippen LogP contribution in [0.25, 0.3) is 0 Å². The Morgan fingerprint density at radius 3 is 1.27 bits per heavy atom. The number of amides is 2. The Balaban J connectivity index is 1.69. The number of unbranched alkanes of at least 4 members (excludes halogenated alkanes) is 3. The molecular weight excluding hydrogens is 520 g/mol. The van der Waals surface area contributed by atoms with Gasteiger partial charge in [0.15, 0.2) is 23.0 Å². The number of hydrazone groups is 2. The number of nitrogens with one attached hydrogen (secondary N) is 2. The smallest absolute Gasteiger partial charge is 0.240 e. The molecule has 2 aromatic carbocycles. The Labute approximate surface area is 234 Å². The molecule has 0 aliphatic heterocycles. The van der Waals surface area contributed by atoms with Crippen molar-refractivity contribution in [2.45, 2.75) is 38.5 Å². The molecule has 0 heterocycles. The van der Waals surface area contributed by atoms with Crippen molar-refractivity contribution in [3.63, 3.8) is 0 Å². The van der Waals surface area contributed by atoms with Gasteiger partial charge in [-0.25, -0.2) is 10.9 Å². The molecule has 218 valence electrons. The van der Waals surface area contributed by atoms with E-state index in [2.05, 4.69) is 21.1 Å². The summed E-state index contributed by atoms with van der Waals surface area (Å²) in [6.07, 6.45) is 6.59. The number of methoxy groups -OCH3 is 6. The van der Waals surface area contributed by atoms with Gasteiger partial charge >= 0.3 is 0 Å². The second kappa shape index (κ2) is 17.2. The fourth-order valence-corrected chi connectivity index (χ4v) is 3.84. The molecule has 2 N–H and O–H groups in total. The molecule has 0 aliphatic rings. The van der Waals surface area contributed by atoms with Crippen LogP contribution < -0.4 is 39.3 Å². The summed E-state index contributed by atoms with van der Waals surface area (Å²) in [7, 11) is 9.14. The fourth-order valence-electron chi connectivity index (χ4n) is 3.84. The second-order valence-corrected chi connectivity index (χ2v) is 8.35. The van der Waals surface area contributed by atoms with E-state index in [9.17, 15) is 9.59 Å². The molecule has 12 nitrogen and oxygen atoms in total. The molecule has 0 aromatic heterocycles. The van der Waals surface area contributed by atoms with Gasteiger partial charge in [-0.2, -0.15) is 10.2 Å². The van der Waals surface area contributed by atoms with Crippen LogP contribution >= 0.6 is 0 Å². The van der Waals surface area contributed by atoms with Gasteiger partial charge in [0.2, 0.25) is 23.3 Å². The first kappa shape index (κ1) is 31.7. The molecule has 0 radical (unpaired) electrons. The Kier molecular flexibility index (Phi) is 13.6. The zero-order valence-corrected chi connectivity index (χ0v) is 23.9. The van der Waals surface area contributed by atoms with Crippen LogP contribution in [0.4, 0.5) is 0 Å². The zero-order valence-electron chi connectivity index (χ0n) is 23.9. The lowest BCUT2D eigenvalue weighted by molar-refractivity contribution is -0.122. The summed E-state index contributed by atoms with van der Waals surface area (Å²) in [5.74, 6) is 2.45. The van der Waals surface area contributed by atoms with Crippen molar-refractivity contribution in [1.29, 1.82) is 0 Å². The molecule has 0 fully saturated rings. The number of benzene rings is 2. The van der Waals surface area contributed by atoms with Crippen LogP contribution in [-0.4, -0.2) is 66.9 Å². The summed E-state index contributed by atoms with van der Waals surface area (Å²) in [4.78, 5) is 24.2. The SMILES string of the molecule is COc1ccc(/C=N/NC(=O)CCCCCCC(=O)N/N=C/c2ccc(OC)c(OC)c2OC)c(OC)c1OC. The highest BCUT2D eigenvalue weighted by atomic mass is 16.5. The summed E-state index contributed by atoms with van der Waals surface area (Å²) >= 11 is 0. The van der Waals surface area contributed by atoms with Gasteiger partial charge < -0.3 is 28.4 Å². The van der Waals surface area contributed by atoms with E-state index < -0.39 is 0 Å². The summed E-state index contributed by atoms with van der Waals surface area (Å²) in [6.45, 7) is 0. The fraction of sp³-hybridized carbons (Fsp3) is 0.429. The number of hydrogen-bond acceptors (Lipinski definition) is 10. The molecule has 40 heavy (non-hydrogen) atoms. The highest BCUT2D eigenvalue weighted by Crippen LogP contribution is 2.39. The average Bonchev–Trinajstić information content (AvgIpc) is 2.97. The Hall–Kier alpha value is -4.48. The first-order valence-corrected chi connectivity index (χ1v) is 12.7. The van der Waals surface area contributed by atoms with E-state index in [0.29, 0.717) is 71.3 Å². The number of nitrogens with zero attached hydrogens (tertiary/aromatic N) is 2. The summed E-state index contributed by atoms with van der Waals surface area (Å²) in [5, 5.41) is 8.02. The lowest BCUT2D eigenvalue weighted by Crippen LogP contribution is -2.17.